The average Bonchev–Trinajstić information content (AvgIpc) is 3.00. The zero-order chi connectivity index (χ0) is 22.5. The van der Waals surface area contributed by atoms with Crippen LogP contribution in [0.4, 0.5) is 5.69 Å². The molecule has 1 N–H and O–H groups in total. The van der Waals surface area contributed by atoms with Gasteiger partial charge in [0, 0.05) is 7.05 Å². The molecule has 2 aromatic rings. The number of likely N-dealkylation sites (N-methyl/N-ethyl adjacent to an activating group) is 1. The summed E-state index contributed by atoms with van der Waals surface area (Å²) in [6.45, 7) is 4.22. The molecule has 1 heterocycles. The molecule has 0 atom stereocenters. The second-order valence-corrected chi connectivity index (χ2v) is 7.84. The van der Waals surface area contributed by atoms with Crippen LogP contribution in [0.3, 0.4) is 0 Å². The number of carbonyl (C=O) groups excluding carboxylic acids is 2. The number of hydrogen-bond donors (Lipinski definition) is 1. The molecule has 0 bridgehead atoms. The van der Waals surface area contributed by atoms with Gasteiger partial charge in [0.05, 0.1) is 34.4 Å². The van der Waals surface area contributed by atoms with E-state index in [2.05, 4.69) is 4.99 Å². The van der Waals surface area contributed by atoms with Crippen molar-refractivity contribution in [1.82, 2.24) is 4.90 Å². The summed E-state index contributed by atoms with van der Waals surface area (Å²) in [5, 5.41) is 10.6. The number of amidine groups is 1. The van der Waals surface area contributed by atoms with Crippen molar-refractivity contribution in [2.45, 2.75) is 13.8 Å². The maximum atomic E-state index is 12.7. The molecule has 0 spiro atoms. The van der Waals surface area contributed by atoms with E-state index >= 15 is 0 Å². The van der Waals surface area contributed by atoms with Gasteiger partial charge in [0.15, 0.2) is 16.7 Å². The molecule has 1 aliphatic heterocycles. The second kappa shape index (κ2) is 9.89. The van der Waals surface area contributed by atoms with Gasteiger partial charge >= 0.3 is 5.97 Å². The largest absolute Gasteiger partial charge is 0.503 e. The van der Waals surface area contributed by atoms with Crippen molar-refractivity contribution in [1.29, 1.82) is 0 Å². The highest BCUT2D eigenvalue weighted by atomic mass is 35.5. The average molecular weight is 461 g/mol. The summed E-state index contributed by atoms with van der Waals surface area (Å²) in [5.74, 6) is -0.495. The Morgan fingerprint density at radius 1 is 1.23 bits per heavy atom. The Bertz CT molecular complexity index is 1070. The first-order valence-electron chi connectivity index (χ1n) is 9.52. The maximum Gasteiger partial charge on any atom is 0.338 e. The number of rotatable bonds is 6. The van der Waals surface area contributed by atoms with Gasteiger partial charge in [0.25, 0.3) is 5.91 Å². The fourth-order valence-corrected chi connectivity index (χ4v) is 3.95. The molecule has 0 aromatic heterocycles. The van der Waals surface area contributed by atoms with Crippen molar-refractivity contribution in [3.8, 4) is 11.5 Å². The molecule has 9 heteroatoms. The van der Waals surface area contributed by atoms with Gasteiger partial charge in [-0.15, -0.1) is 0 Å². The predicted octanol–water partition coefficient (Wildman–Crippen LogP) is 4.85. The molecule has 0 saturated carbocycles. The number of halogens is 1. The quantitative estimate of drug-likeness (QED) is 0.489. The first-order chi connectivity index (χ1) is 14.8. The Balaban J connectivity index is 1.84. The molecular formula is C22H21ClN2O5S. The highest BCUT2D eigenvalue weighted by Gasteiger charge is 2.30. The monoisotopic (exact) mass is 460 g/mol. The molecule has 0 radical (unpaired) electrons. The van der Waals surface area contributed by atoms with Gasteiger partial charge < -0.3 is 14.6 Å². The van der Waals surface area contributed by atoms with Crippen LogP contribution in [0.2, 0.25) is 5.02 Å². The van der Waals surface area contributed by atoms with Crippen LogP contribution in [0.5, 0.6) is 11.5 Å². The lowest BCUT2D eigenvalue weighted by Crippen LogP contribution is -2.23. The Labute approximate surface area is 189 Å². The molecule has 2 aromatic carbocycles. The van der Waals surface area contributed by atoms with Crippen molar-refractivity contribution in [2.75, 3.05) is 20.3 Å². The Morgan fingerprint density at radius 3 is 2.58 bits per heavy atom. The number of benzene rings is 2. The molecule has 0 aliphatic carbocycles. The SMILES string of the molecule is CCOC(=O)c1ccc(N=C2SC(=Cc3cc(Cl)c(O)c(OCC)c3)C(=O)N2C)cc1. The highest BCUT2D eigenvalue weighted by molar-refractivity contribution is 8.18. The van der Waals surface area contributed by atoms with Gasteiger partial charge in [0.1, 0.15) is 0 Å². The van der Waals surface area contributed by atoms with Crippen LogP contribution in [0, 0.1) is 0 Å². The van der Waals surface area contributed by atoms with Gasteiger partial charge in [-0.3, -0.25) is 9.69 Å². The van der Waals surface area contributed by atoms with Crippen LogP contribution >= 0.6 is 23.4 Å². The first kappa shape index (κ1) is 22.7. The Hall–Kier alpha value is -2.97. The second-order valence-electron chi connectivity index (χ2n) is 6.42. The Kier molecular flexibility index (Phi) is 7.25. The molecule has 31 heavy (non-hydrogen) atoms. The maximum absolute atomic E-state index is 12.7. The van der Waals surface area contributed by atoms with E-state index in [0.717, 1.165) is 0 Å². The predicted molar refractivity (Wildman–Crippen MR) is 122 cm³/mol. The first-order valence-corrected chi connectivity index (χ1v) is 10.7. The van der Waals surface area contributed by atoms with E-state index in [0.29, 0.717) is 40.1 Å². The summed E-state index contributed by atoms with van der Waals surface area (Å²) in [6.07, 6.45) is 1.67. The summed E-state index contributed by atoms with van der Waals surface area (Å²) in [6, 6.07) is 9.81. The number of nitrogens with zero attached hydrogens (tertiary/aromatic N) is 2. The van der Waals surface area contributed by atoms with Crippen molar-refractivity contribution in [3.05, 3.63) is 57.5 Å². The summed E-state index contributed by atoms with van der Waals surface area (Å²) in [7, 11) is 1.64. The number of phenolic OH excluding ortho intramolecular Hbond substituents is 1. The molecule has 1 aliphatic rings. The highest BCUT2D eigenvalue weighted by Crippen LogP contribution is 2.38. The van der Waals surface area contributed by atoms with Crippen LogP contribution in [0.25, 0.3) is 6.08 Å². The molecule has 0 unspecified atom stereocenters. The number of phenols is 1. The van der Waals surface area contributed by atoms with Gasteiger partial charge in [-0.05, 0) is 73.6 Å². The van der Waals surface area contributed by atoms with E-state index in [-0.39, 0.29) is 22.4 Å². The minimum absolute atomic E-state index is 0.136. The van der Waals surface area contributed by atoms with Crippen molar-refractivity contribution >= 4 is 52.2 Å². The lowest BCUT2D eigenvalue weighted by atomic mass is 10.2. The summed E-state index contributed by atoms with van der Waals surface area (Å²) in [5.41, 5.74) is 1.66. The van der Waals surface area contributed by atoms with Crippen LogP contribution in [0.15, 0.2) is 46.3 Å². The van der Waals surface area contributed by atoms with Gasteiger partial charge in [-0.25, -0.2) is 9.79 Å². The molecule has 7 nitrogen and oxygen atoms in total. The van der Waals surface area contributed by atoms with E-state index in [1.807, 2.05) is 0 Å². The van der Waals surface area contributed by atoms with Crippen molar-refractivity contribution in [2.24, 2.45) is 4.99 Å². The van der Waals surface area contributed by atoms with Crippen LogP contribution in [-0.4, -0.2) is 47.3 Å². The minimum atomic E-state index is -0.395. The lowest BCUT2D eigenvalue weighted by Gasteiger charge is -2.08. The van der Waals surface area contributed by atoms with Crippen molar-refractivity contribution < 1.29 is 24.2 Å². The number of aromatic hydroxyl groups is 1. The Morgan fingerprint density at radius 2 is 1.94 bits per heavy atom. The molecule has 1 amide bonds. The van der Waals surface area contributed by atoms with E-state index in [1.165, 1.54) is 16.7 Å². The number of hydrogen-bond acceptors (Lipinski definition) is 7. The topological polar surface area (TPSA) is 88.4 Å². The zero-order valence-electron chi connectivity index (χ0n) is 17.2. The lowest BCUT2D eigenvalue weighted by molar-refractivity contribution is -0.121. The fourth-order valence-electron chi connectivity index (χ4n) is 2.74. The molecular weight excluding hydrogens is 440 g/mol. The third-order valence-corrected chi connectivity index (χ3v) is 5.60. The minimum Gasteiger partial charge on any atom is -0.503 e. The van der Waals surface area contributed by atoms with Crippen LogP contribution in [-0.2, 0) is 9.53 Å². The number of esters is 1. The smallest absolute Gasteiger partial charge is 0.338 e. The third kappa shape index (κ3) is 5.21. The molecule has 3 rings (SSSR count). The van der Waals surface area contributed by atoms with Gasteiger partial charge in [-0.1, -0.05) is 11.6 Å². The molecule has 1 saturated heterocycles. The summed E-state index contributed by atoms with van der Waals surface area (Å²) in [4.78, 5) is 30.8. The van der Waals surface area contributed by atoms with Crippen LogP contribution in [0.1, 0.15) is 29.8 Å². The van der Waals surface area contributed by atoms with Gasteiger partial charge in [-0.2, -0.15) is 0 Å². The summed E-state index contributed by atoms with van der Waals surface area (Å²) < 4.78 is 10.4. The zero-order valence-corrected chi connectivity index (χ0v) is 18.8. The fraction of sp³-hybridized carbons (Fsp3) is 0.227. The molecule has 1 fully saturated rings. The number of ether oxygens (including phenoxy) is 2. The van der Waals surface area contributed by atoms with Gasteiger partial charge in [0.2, 0.25) is 0 Å². The van der Waals surface area contributed by atoms with E-state index in [1.54, 1.807) is 63.4 Å². The van der Waals surface area contributed by atoms with Crippen molar-refractivity contribution in [3.63, 3.8) is 0 Å². The molecule has 162 valence electrons. The standard InChI is InChI=1S/C22H21ClN2O5S/c1-4-29-17-11-13(10-16(23)19(17)26)12-18-20(27)25(3)22(31-18)24-15-8-6-14(7-9-15)21(28)30-5-2/h6-12,26H,4-5H2,1-3H3. The number of aliphatic imine (C=N–C) groups is 1. The third-order valence-electron chi connectivity index (χ3n) is 4.26. The van der Waals surface area contributed by atoms with Crippen LogP contribution < -0.4 is 4.74 Å². The number of amides is 1. The number of carbonyl (C=O) groups is 2. The van der Waals surface area contributed by atoms with E-state index in [4.69, 9.17) is 21.1 Å². The van der Waals surface area contributed by atoms with E-state index in [9.17, 15) is 14.7 Å². The summed E-state index contributed by atoms with van der Waals surface area (Å²) >= 11 is 7.29. The number of thioether (sulfide) groups is 1. The normalized spacial score (nSPS) is 16.3. The van der Waals surface area contributed by atoms with E-state index < -0.39 is 5.97 Å².